The average Bonchev–Trinajstić information content (AvgIpc) is 2.51. The molecule has 0 bridgehead atoms. The van der Waals surface area contributed by atoms with Gasteiger partial charge in [-0.25, -0.2) is 13.6 Å². The number of carbonyl (C=O) groups is 2. The monoisotopic (exact) mass is 398 g/mol. The minimum atomic E-state index is -0.887. The number of oxime groups is 1. The summed E-state index contributed by atoms with van der Waals surface area (Å²) in [5, 5.41) is 5.86. The molecule has 8 nitrogen and oxygen atoms in total. The predicted molar refractivity (Wildman–Crippen MR) is 97.3 cm³/mol. The highest BCUT2D eigenvalue weighted by atomic mass is 19.1. The van der Waals surface area contributed by atoms with Crippen molar-refractivity contribution in [1.29, 1.82) is 0 Å². The molecule has 0 radical (unpaired) electrons. The van der Waals surface area contributed by atoms with Gasteiger partial charge in [-0.15, -0.1) is 0 Å². The van der Waals surface area contributed by atoms with Crippen LogP contribution in [0.4, 0.5) is 13.6 Å². The number of amides is 2. The summed E-state index contributed by atoms with van der Waals surface area (Å²) in [6.07, 6.45) is -0.160. The molecule has 2 rings (SSSR count). The van der Waals surface area contributed by atoms with Crippen molar-refractivity contribution in [1.82, 2.24) is 10.2 Å². The number of carbonyl (C=O) groups excluding carboxylic acids is 2. The van der Waals surface area contributed by atoms with Gasteiger partial charge in [-0.2, -0.15) is 0 Å². The van der Waals surface area contributed by atoms with Crippen molar-refractivity contribution in [3.8, 4) is 0 Å². The highest BCUT2D eigenvalue weighted by molar-refractivity contribution is 5.97. The Labute approximate surface area is 161 Å². The van der Waals surface area contributed by atoms with E-state index in [-0.39, 0.29) is 23.5 Å². The molecule has 1 saturated heterocycles. The standard InChI is InChI=1S/C18H24F2N4O4/c1-18(2,3)28-17(26)24-6-5-14(24)16(25)22-9-11-12(19)7-10(8-13(11)20)15(21)23-27-4/h7-8,14H,5-6,9H2,1-4H3,(H2,21,23)(H,22,25)/t14-/m0/s1. The Hall–Kier alpha value is -2.91. The third-order valence-electron chi connectivity index (χ3n) is 4.02. The van der Waals surface area contributed by atoms with Crippen molar-refractivity contribution >= 4 is 17.8 Å². The molecule has 0 aliphatic carbocycles. The molecule has 1 heterocycles. The largest absolute Gasteiger partial charge is 0.444 e. The first kappa shape index (κ1) is 21.4. The van der Waals surface area contributed by atoms with E-state index in [1.807, 2.05) is 0 Å². The van der Waals surface area contributed by atoms with E-state index in [9.17, 15) is 18.4 Å². The van der Waals surface area contributed by atoms with E-state index in [1.54, 1.807) is 20.8 Å². The van der Waals surface area contributed by atoms with Gasteiger partial charge < -0.3 is 20.6 Å². The minimum absolute atomic E-state index is 0.0158. The fraction of sp³-hybridized carbons (Fsp3) is 0.500. The van der Waals surface area contributed by atoms with E-state index in [2.05, 4.69) is 15.3 Å². The van der Waals surface area contributed by atoms with Gasteiger partial charge in [0, 0.05) is 24.2 Å². The van der Waals surface area contributed by atoms with E-state index in [1.165, 1.54) is 12.0 Å². The summed E-state index contributed by atoms with van der Waals surface area (Å²) >= 11 is 0. The second kappa shape index (κ2) is 8.41. The molecule has 0 aromatic heterocycles. The number of nitrogens with zero attached hydrogens (tertiary/aromatic N) is 2. The zero-order chi connectivity index (χ0) is 21.1. The second-order valence-corrected chi connectivity index (χ2v) is 7.27. The molecule has 2 amide bonds. The number of nitrogens with two attached hydrogens (primary N) is 1. The average molecular weight is 398 g/mol. The van der Waals surface area contributed by atoms with Gasteiger partial charge >= 0.3 is 6.09 Å². The Bertz CT molecular complexity index is 769. The molecule has 0 unspecified atom stereocenters. The van der Waals surface area contributed by atoms with Crippen LogP contribution in [0.3, 0.4) is 0 Å². The number of rotatable bonds is 5. The maximum absolute atomic E-state index is 14.2. The molecule has 1 aliphatic heterocycles. The molecule has 1 aliphatic rings. The third kappa shape index (κ3) is 5.08. The summed E-state index contributed by atoms with van der Waals surface area (Å²) in [7, 11) is 1.25. The number of amidine groups is 1. The number of likely N-dealkylation sites (tertiary alicyclic amines) is 1. The maximum Gasteiger partial charge on any atom is 0.410 e. The van der Waals surface area contributed by atoms with Crippen molar-refractivity contribution in [2.75, 3.05) is 13.7 Å². The molecule has 3 N–H and O–H groups in total. The van der Waals surface area contributed by atoms with Crippen molar-refractivity contribution in [3.05, 3.63) is 34.9 Å². The highest BCUT2D eigenvalue weighted by Crippen LogP contribution is 2.22. The zero-order valence-electron chi connectivity index (χ0n) is 16.2. The van der Waals surface area contributed by atoms with Gasteiger partial charge in [0.2, 0.25) is 5.91 Å². The Morgan fingerprint density at radius 2 is 1.93 bits per heavy atom. The second-order valence-electron chi connectivity index (χ2n) is 7.27. The van der Waals surface area contributed by atoms with Crippen LogP contribution in [0.25, 0.3) is 0 Å². The van der Waals surface area contributed by atoms with Crippen LogP contribution >= 0.6 is 0 Å². The lowest BCUT2D eigenvalue weighted by atomic mass is 10.0. The van der Waals surface area contributed by atoms with Crippen LogP contribution in [0.5, 0.6) is 0 Å². The summed E-state index contributed by atoms with van der Waals surface area (Å²) in [5.74, 6) is -2.47. The summed E-state index contributed by atoms with van der Waals surface area (Å²) in [6.45, 7) is 5.16. The Balaban J connectivity index is 2.01. The van der Waals surface area contributed by atoms with Crippen molar-refractivity contribution in [2.45, 2.75) is 45.4 Å². The number of nitrogens with one attached hydrogen (secondary N) is 1. The van der Waals surface area contributed by atoms with E-state index >= 15 is 0 Å². The van der Waals surface area contributed by atoms with Crippen LogP contribution < -0.4 is 11.1 Å². The van der Waals surface area contributed by atoms with Gasteiger partial charge in [-0.1, -0.05) is 5.16 Å². The number of halogens is 2. The van der Waals surface area contributed by atoms with Crippen LogP contribution in [0.2, 0.25) is 0 Å². The first-order valence-electron chi connectivity index (χ1n) is 8.65. The molecule has 1 fully saturated rings. The van der Waals surface area contributed by atoms with Crippen LogP contribution in [-0.2, 0) is 20.9 Å². The van der Waals surface area contributed by atoms with Gasteiger partial charge in [-0.05, 0) is 39.3 Å². The first-order chi connectivity index (χ1) is 13.0. The lowest BCUT2D eigenvalue weighted by molar-refractivity contribution is -0.130. The van der Waals surface area contributed by atoms with Gasteiger partial charge in [-0.3, -0.25) is 9.69 Å². The molecule has 1 aromatic rings. The molecular formula is C18H24F2N4O4. The number of benzene rings is 1. The molecule has 10 heteroatoms. The van der Waals surface area contributed by atoms with E-state index in [0.29, 0.717) is 13.0 Å². The van der Waals surface area contributed by atoms with Crippen molar-refractivity contribution in [2.24, 2.45) is 10.9 Å². The Morgan fingerprint density at radius 1 is 1.32 bits per heavy atom. The van der Waals surface area contributed by atoms with Crippen molar-refractivity contribution < 1.29 is 27.9 Å². The molecule has 0 saturated carbocycles. The molecular weight excluding hydrogens is 374 g/mol. The van der Waals surface area contributed by atoms with Crippen LogP contribution in [0, 0.1) is 11.6 Å². The van der Waals surface area contributed by atoms with Gasteiger partial charge in [0.25, 0.3) is 0 Å². The quantitative estimate of drug-likeness (QED) is 0.447. The number of hydrogen-bond donors (Lipinski definition) is 2. The SMILES string of the molecule is CO/N=C(/N)c1cc(F)c(CNC(=O)[C@@H]2CCN2C(=O)OC(C)(C)C)c(F)c1. The van der Waals surface area contributed by atoms with Gasteiger partial charge in [0.15, 0.2) is 5.84 Å². The summed E-state index contributed by atoms with van der Waals surface area (Å²) in [5.41, 5.74) is 4.54. The van der Waals surface area contributed by atoms with Crippen LogP contribution in [-0.4, -0.2) is 48.0 Å². The van der Waals surface area contributed by atoms with E-state index in [4.69, 9.17) is 10.5 Å². The predicted octanol–water partition coefficient (Wildman–Crippen LogP) is 1.86. The number of hydrogen-bond acceptors (Lipinski definition) is 5. The summed E-state index contributed by atoms with van der Waals surface area (Å²) in [4.78, 5) is 30.1. The maximum atomic E-state index is 14.2. The highest BCUT2D eigenvalue weighted by Gasteiger charge is 2.39. The van der Waals surface area contributed by atoms with E-state index < -0.39 is 35.3 Å². The molecule has 154 valence electrons. The third-order valence-corrected chi connectivity index (χ3v) is 4.02. The molecule has 1 aromatic carbocycles. The van der Waals surface area contributed by atoms with Crippen LogP contribution in [0.1, 0.15) is 38.3 Å². The minimum Gasteiger partial charge on any atom is -0.444 e. The summed E-state index contributed by atoms with van der Waals surface area (Å²) < 4.78 is 33.7. The fourth-order valence-electron chi connectivity index (χ4n) is 2.56. The molecule has 28 heavy (non-hydrogen) atoms. The molecule has 0 spiro atoms. The lowest BCUT2D eigenvalue weighted by Gasteiger charge is -2.40. The van der Waals surface area contributed by atoms with E-state index in [0.717, 1.165) is 12.1 Å². The molecule has 1 atom stereocenters. The van der Waals surface area contributed by atoms with Crippen molar-refractivity contribution in [3.63, 3.8) is 0 Å². The Morgan fingerprint density at radius 3 is 2.39 bits per heavy atom. The smallest absolute Gasteiger partial charge is 0.410 e. The normalized spacial score (nSPS) is 17.0. The topological polar surface area (TPSA) is 106 Å². The lowest BCUT2D eigenvalue weighted by Crippen LogP contribution is -2.59. The first-order valence-corrected chi connectivity index (χ1v) is 8.65. The zero-order valence-corrected chi connectivity index (χ0v) is 16.2. The van der Waals surface area contributed by atoms with Gasteiger partial charge in [0.1, 0.15) is 30.4 Å². The summed E-state index contributed by atoms with van der Waals surface area (Å²) in [6, 6.07) is 1.27. The number of ether oxygens (including phenoxy) is 1. The van der Waals surface area contributed by atoms with Crippen LogP contribution in [0.15, 0.2) is 17.3 Å². The fourth-order valence-corrected chi connectivity index (χ4v) is 2.56. The van der Waals surface area contributed by atoms with Gasteiger partial charge in [0.05, 0.1) is 0 Å². The Kier molecular flexibility index (Phi) is 6.42.